The first-order valence-electron chi connectivity index (χ1n) is 8.04. The second-order valence-electron chi connectivity index (χ2n) is 6.00. The third-order valence-corrected chi connectivity index (χ3v) is 6.84. The Kier molecular flexibility index (Phi) is 8.11. The summed E-state index contributed by atoms with van der Waals surface area (Å²) >= 11 is 3.12. The number of hydrogen-bond acceptors (Lipinski definition) is 6. The van der Waals surface area contributed by atoms with Gasteiger partial charge in [-0.1, -0.05) is 26.7 Å². The molecule has 1 aliphatic heterocycles. The summed E-state index contributed by atoms with van der Waals surface area (Å²) < 4.78 is 11.2. The van der Waals surface area contributed by atoms with Crippen LogP contribution < -0.4 is 0 Å². The summed E-state index contributed by atoms with van der Waals surface area (Å²) in [6.45, 7) is 7.98. The maximum absolute atomic E-state index is 11.8. The molecule has 1 heterocycles. The zero-order valence-corrected chi connectivity index (χ0v) is 15.7. The van der Waals surface area contributed by atoms with Gasteiger partial charge in [0.15, 0.2) is 9.87 Å². The molecule has 0 radical (unpaired) electrons. The van der Waals surface area contributed by atoms with E-state index in [4.69, 9.17) is 9.47 Å². The Morgan fingerprint density at radius 3 is 1.50 bits per heavy atom. The second kappa shape index (κ2) is 9.06. The Morgan fingerprint density at radius 1 is 0.864 bits per heavy atom. The third kappa shape index (κ3) is 6.82. The number of carbonyl (C=O) groups is 2. The third-order valence-electron chi connectivity index (χ3n) is 3.41. The van der Waals surface area contributed by atoms with Crippen molar-refractivity contribution >= 4 is 35.5 Å². The lowest BCUT2D eigenvalue weighted by molar-refractivity contribution is -0.152. The Morgan fingerprint density at radius 2 is 1.23 bits per heavy atom. The summed E-state index contributed by atoms with van der Waals surface area (Å²) in [6, 6.07) is 0. The minimum Gasteiger partial charge on any atom is -0.447 e. The Hall–Kier alpha value is -0.360. The van der Waals surface area contributed by atoms with Gasteiger partial charge in [0.05, 0.1) is 0 Å². The number of rotatable bonds is 8. The van der Waals surface area contributed by atoms with E-state index in [-0.39, 0.29) is 11.9 Å². The van der Waals surface area contributed by atoms with Crippen molar-refractivity contribution in [2.75, 3.05) is 11.5 Å². The first-order chi connectivity index (χ1) is 10.3. The van der Waals surface area contributed by atoms with E-state index in [1.54, 1.807) is 23.5 Å². The van der Waals surface area contributed by atoms with Gasteiger partial charge in [-0.2, -0.15) is 0 Å². The van der Waals surface area contributed by atoms with Gasteiger partial charge in [0, 0.05) is 24.3 Å². The van der Waals surface area contributed by atoms with Crippen molar-refractivity contribution in [1.82, 2.24) is 0 Å². The molecule has 1 fully saturated rings. The summed E-state index contributed by atoms with van der Waals surface area (Å²) in [5.41, 5.74) is 0. The fourth-order valence-corrected chi connectivity index (χ4v) is 4.57. The molecule has 0 aromatic heterocycles. The SMILES string of the molecule is CCCCC(=O)OC1(C)CSC(C)(OC(=O)CCCC)CS1. The molecule has 0 N–H and O–H groups in total. The number of carbonyl (C=O) groups excluding carboxylic acids is 2. The van der Waals surface area contributed by atoms with Crippen LogP contribution in [0, 0.1) is 0 Å². The quantitative estimate of drug-likeness (QED) is 0.607. The van der Waals surface area contributed by atoms with Crippen molar-refractivity contribution in [3.05, 3.63) is 0 Å². The Balaban J connectivity index is 2.43. The summed E-state index contributed by atoms with van der Waals surface area (Å²) in [4.78, 5) is 22.6. The first kappa shape index (κ1) is 19.7. The minimum absolute atomic E-state index is 0.138. The molecule has 6 heteroatoms. The fraction of sp³-hybridized carbons (Fsp3) is 0.875. The lowest BCUT2D eigenvalue weighted by Gasteiger charge is -2.40. The lowest BCUT2D eigenvalue weighted by atomic mass is 10.2. The van der Waals surface area contributed by atoms with E-state index in [0.29, 0.717) is 24.3 Å². The van der Waals surface area contributed by atoms with E-state index in [0.717, 1.165) is 25.7 Å². The van der Waals surface area contributed by atoms with Crippen LogP contribution in [0.4, 0.5) is 0 Å². The molecular weight excluding hydrogens is 320 g/mol. The molecule has 0 aromatic rings. The summed E-state index contributed by atoms with van der Waals surface area (Å²) in [7, 11) is 0. The molecule has 1 saturated heterocycles. The smallest absolute Gasteiger partial charge is 0.307 e. The Bertz CT molecular complexity index is 340. The van der Waals surface area contributed by atoms with Crippen molar-refractivity contribution in [3.63, 3.8) is 0 Å². The molecule has 2 unspecified atom stereocenters. The molecule has 0 amide bonds. The van der Waals surface area contributed by atoms with Crippen molar-refractivity contribution in [2.45, 2.75) is 76.1 Å². The van der Waals surface area contributed by atoms with Crippen molar-refractivity contribution in [3.8, 4) is 0 Å². The zero-order chi connectivity index (χ0) is 16.6. The van der Waals surface area contributed by atoms with Gasteiger partial charge in [-0.25, -0.2) is 0 Å². The standard InChI is InChI=1S/C16H28O4S2/c1-5-7-9-13(17)19-15(3)11-22-16(4,12-21-15)20-14(18)10-8-6-2/h5-12H2,1-4H3. The van der Waals surface area contributed by atoms with Gasteiger partial charge in [-0.05, 0) is 26.7 Å². The molecule has 2 atom stereocenters. The summed E-state index contributed by atoms with van der Waals surface area (Å²) in [6.07, 6.45) is 4.64. The monoisotopic (exact) mass is 348 g/mol. The highest BCUT2D eigenvalue weighted by molar-refractivity contribution is 8.07. The topological polar surface area (TPSA) is 52.6 Å². The molecule has 1 rings (SSSR count). The maximum atomic E-state index is 11.8. The van der Waals surface area contributed by atoms with Gasteiger partial charge in [0.2, 0.25) is 0 Å². The first-order valence-corrected chi connectivity index (χ1v) is 10.0. The number of thioether (sulfide) groups is 2. The van der Waals surface area contributed by atoms with Gasteiger partial charge >= 0.3 is 11.9 Å². The predicted octanol–water partition coefficient (Wildman–Crippen LogP) is 4.37. The van der Waals surface area contributed by atoms with Crippen LogP contribution in [0.15, 0.2) is 0 Å². The predicted molar refractivity (Wildman–Crippen MR) is 93.0 cm³/mol. The molecule has 0 spiro atoms. The molecule has 0 saturated carbocycles. The molecule has 1 aliphatic rings. The average Bonchev–Trinajstić information content (AvgIpc) is 2.47. The molecule has 22 heavy (non-hydrogen) atoms. The number of unbranched alkanes of at least 4 members (excludes halogenated alkanes) is 2. The van der Waals surface area contributed by atoms with Gasteiger partial charge < -0.3 is 9.47 Å². The van der Waals surface area contributed by atoms with Gasteiger partial charge in [-0.15, -0.1) is 23.5 Å². The van der Waals surface area contributed by atoms with Crippen LogP contribution in [0.5, 0.6) is 0 Å². The van der Waals surface area contributed by atoms with Crippen LogP contribution >= 0.6 is 23.5 Å². The van der Waals surface area contributed by atoms with Crippen LogP contribution in [-0.2, 0) is 19.1 Å². The number of esters is 2. The highest BCUT2D eigenvalue weighted by Gasteiger charge is 2.43. The fourth-order valence-electron chi connectivity index (χ4n) is 1.99. The molecule has 0 aromatic carbocycles. The molecule has 128 valence electrons. The van der Waals surface area contributed by atoms with Crippen LogP contribution in [0.25, 0.3) is 0 Å². The largest absolute Gasteiger partial charge is 0.447 e. The maximum Gasteiger partial charge on any atom is 0.307 e. The summed E-state index contributed by atoms with van der Waals surface area (Å²) in [5.74, 6) is 0.988. The van der Waals surface area contributed by atoms with Gasteiger partial charge in [0.1, 0.15) is 0 Å². The van der Waals surface area contributed by atoms with Crippen LogP contribution in [0.1, 0.15) is 66.2 Å². The minimum atomic E-state index is -0.523. The van der Waals surface area contributed by atoms with E-state index in [1.807, 2.05) is 13.8 Å². The van der Waals surface area contributed by atoms with Crippen LogP contribution in [0.3, 0.4) is 0 Å². The molecule has 0 aliphatic carbocycles. The van der Waals surface area contributed by atoms with E-state index in [1.165, 1.54) is 0 Å². The van der Waals surface area contributed by atoms with E-state index in [2.05, 4.69) is 13.8 Å². The summed E-state index contributed by atoms with van der Waals surface area (Å²) in [5, 5.41) is 0. The highest BCUT2D eigenvalue weighted by Crippen LogP contribution is 2.45. The van der Waals surface area contributed by atoms with Crippen molar-refractivity contribution in [2.24, 2.45) is 0 Å². The van der Waals surface area contributed by atoms with Crippen LogP contribution in [0.2, 0.25) is 0 Å². The van der Waals surface area contributed by atoms with Crippen molar-refractivity contribution < 1.29 is 19.1 Å². The normalized spacial score (nSPS) is 28.2. The zero-order valence-electron chi connectivity index (χ0n) is 14.1. The highest BCUT2D eigenvalue weighted by atomic mass is 32.2. The van der Waals surface area contributed by atoms with Crippen LogP contribution in [-0.4, -0.2) is 33.3 Å². The number of ether oxygens (including phenoxy) is 2. The Labute approximate surface area is 142 Å². The lowest BCUT2D eigenvalue weighted by Crippen LogP contribution is -2.43. The van der Waals surface area contributed by atoms with E-state index in [9.17, 15) is 9.59 Å². The average molecular weight is 349 g/mol. The van der Waals surface area contributed by atoms with Crippen molar-refractivity contribution in [1.29, 1.82) is 0 Å². The van der Waals surface area contributed by atoms with E-state index < -0.39 is 9.87 Å². The number of hydrogen-bond donors (Lipinski definition) is 0. The van der Waals surface area contributed by atoms with E-state index >= 15 is 0 Å². The molecule has 0 bridgehead atoms. The molecular formula is C16H28O4S2. The van der Waals surface area contributed by atoms with Gasteiger partial charge in [0.25, 0.3) is 0 Å². The second-order valence-corrected chi connectivity index (χ2v) is 8.88. The van der Waals surface area contributed by atoms with Gasteiger partial charge in [-0.3, -0.25) is 9.59 Å². The molecule has 4 nitrogen and oxygen atoms in total.